The summed E-state index contributed by atoms with van der Waals surface area (Å²) in [5.74, 6) is 4.16. The Morgan fingerprint density at radius 1 is 1.00 bits per heavy atom. The predicted octanol–water partition coefficient (Wildman–Crippen LogP) is 3.63. The lowest BCUT2D eigenvalue weighted by Crippen LogP contribution is -2.42. The molecule has 2 N–H and O–H groups in total. The number of carboxylic acid groups (broad SMARTS) is 1. The molecule has 0 radical (unpaired) electrons. The van der Waals surface area contributed by atoms with Gasteiger partial charge in [0.15, 0.2) is 0 Å². The monoisotopic (exact) mass is 472 g/mol. The summed E-state index contributed by atoms with van der Waals surface area (Å²) in [6.07, 6.45) is 2.32. The smallest absolute Gasteiger partial charge is 0.407 e. The first-order valence-electron chi connectivity index (χ1n) is 12.1. The first-order valence-corrected chi connectivity index (χ1v) is 12.1. The van der Waals surface area contributed by atoms with Crippen LogP contribution in [0.2, 0.25) is 0 Å². The molecular formula is C28H28N2O5. The normalized spacial score (nSPS) is 22.3. The van der Waals surface area contributed by atoms with Gasteiger partial charge in [-0.25, -0.2) is 4.79 Å². The summed E-state index contributed by atoms with van der Waals surface area (Å²) in [6.45, 7) is 0.824. The van der Waals surface area contributed by atoms with Crippen molar-refractivity contribution in [3.8, 4) is 23.0 Å². The first-order chi connectivity index (χ1) is 17.0. The molecule has 3 unspecified atom stereocenters. The van der Waals surface area contributed by atoms with E-state index >= 15 is 0 Å². The first kappa shape index (κ1) is 23.0. The summed E-state index contributed by atoms with van der Waals surface area (Å²) in [7, 11) is 0. The average Bonchev–Trinajstić information content (AvgIpc) is 3.44. The summed E-state index contributed by atoms with van der Waals surface area (Å²) < 4.78 is 5.48. The molecule has 2 aromatic rings. The second kappa shape index (κ2) is 9.83. The number of amides is 2. The van der Waals surface area contributed by atoms with Gasteiger partial charge in [0.1, 0.15) is 6.61 Å². The molecule has 3 aliphatic rings. The van der Waals surface area contributed by atoms with Gasteiger partial charge in [-0.3, -0.25) is 9.59 Å². The summed E-state index contributed by atoms with van der Waals surface area (Å²) >= 11 is 0. The Morgan fingerprint density at radius 2 is 1.69 bits per heavy atom. The highest BCUT2D eigenvalue weighted by atomic mass is 16.5. The van der Waals surface area contributed by atoms with Crippen LogP contribution in [0.4, 0.5) is 4.79 Å². The molecule has 1 saturated heterocycles. The number of fused-ring (bicyclic) bond motifs is 4. The molecule has 35 heavy (non-hydrogen) atoms. The molecule has 5 rings (SSSR count). The van der Waals surface area contributed by atoms with Crippen molar-refractivity contribution in [3.63, 3.8) is 0 Å². The topological polar surface area (TPSA) is 95.9 Å². The Bertz CT molecular complexity index is 1170. The molecule has 2 amide bonds. The van der Waals surface area contributed by atoms with Gasteiger partial charge in [-0.05, 0) is 59.8 Å². The number of ether oxygens (including phenoxy) is 1. The van der Waals surface area contributed by atoms with Crippen LogP contribution < -0.4 is 5.32 Å². The molecule has 2 fully saturated rings. The Balaban J connectivity index is 1.12. The maximum Gasteiger partial charge on any atom is 0.407 e. The van der Waals surface area contributed by atoms with Crippen molar-refractivity contribution in [2.24, 2.45) is 11.8 Å². The van der Waals surface area contributed by atoms with Crippen LogP contribution in [0.25, 0.3) is 11.1 Å². The number of hydrogen-bond donors (Lipinski definition) is 2. The van der Waals surface area contributed by atoms with Crippen molar-refractivity contribution in [1.82, 2.24) is 10.2 Å². The lowest BCUT2D eigenvalue weighted by Gasteiger charge is -2.33. The van der Waals surface area contributed by atoms with Crippen molar-refractivity contribution in [2.45, 2.75) is 37.6 Å². The van der Waals surface area contributed by atoms with Gasteiger partial charge in [-0.15, -0.1) is 0 Å². The molecule has 3 atom stereocenters. The van der Waals surface area contributed by atoms with Crippen LogP contribution in [0.3, 0.4) is 0 Å². The van der Waals surface area contributed by atoms with Crippen molar-refractivity contribution >= 4 is 18.0 Å². The van der Waals surface area contributed by atoms with E-state index in [1.54, 1.807) is 4.90 Å². The number of benzene rings is 2. The third-order valence-corrected chi connectivity index (χ3v) is 7.57. The zero-order valence-electron chi connectivity index (χ0n) is 19.4. The third-order valence-electron chi connectivity index (χ3n) is 7.57. The maximum absolute atomic E-state index is 12.6. The van der Waals surface area contributed by atoms with E-state index in [0.29, 0.717) is 25.3 Å². The van der Waals surface area contributed by atoms with E-state index in [1.807, 2.05) is 24.3 Å². The van der Waals surface area contributed by atoms with Crippen molar-refractivity contribution in [3.05, 3.63) is 59.7 Å². The van der Waals surface area contributed by atoms with Gasteiger partial charge in [-0.2, -0.15) is 0 Å². The summed E-state index contributed by atoms with van der Waals surface area (Å²) in [6, 6.07) is 16.2. The van der Waals surface area contributed by atoms with Crippen LogP contribution >= 0.6 is 0 Å². The second-order valence-electron chi connectivity index (χ2n) is 9.44. The van der Waals surface area contributed by atoms with E-state index in [0.717, 1.165) is 24.0 Å². The Kier molecular flexibility index (Phi) is 6.45. The molecule has 7 nitrogen and oxygen atoms in total. The molecule has 1 heterocycles. The van der Waals surface area contributed by atoms with E-state index in [4.69, 9.17) is 4.74 Å². The van der Waals surface area contributed by atoms with Gasteiger partial charge < -0.3 is 20.1 Å². The standard InChI is InChI=1S/C28H28N2O5/c31-26(30-15-13-18-11-12-19(27(32)33)16-25(18)30)10-5-14-29-28(34)35-17-24-22-8-3-1-6-20(22)21-7-2-4-9-23(21)24/h1-4,6-9,18-19,24-25H,11-17H2,(H,29,34)(H,32,33). The van der Waals surface area contributed by atoms with Crippen molar-refractivity contribution in [1.29, 1.82) is 0 Å². The molecule has 7 heteroatoms. The fourth-order valence-corrected chi connectivity index (χ4v) is 5.83. The Hall–Kier alpha value is -3.79. The van der Waals surface area contributed by atoms with Gasteiger partial charge in [-0.1, -0.05) is 54.5 Å². The third kappa shape index (κ3) is 4.61. The second-order valence-corrected chi connectivity index (χ2v) is 9.44. The van der Waals surface area contributed by atoms with Crippen LogP contribution in [0.15, 0.2) is 48.5 Å². The largest absolute Gasteiger partial charge is 0.481 e. The molecule has 2 aliphatic carbocycles. The van der Waals surface area contributed by atoms with E-state index in [9.17, 15) is 19.5 Å². The molecule has 0 spiro atoms. The summed E-state index contributed by atoms with van der Waals surface area (Å²) in [5.41, 5.74) is 4.61. The minimum absolute atomic E-state index is 0.00208. The highest BCUT2D eigenvalue weighted by molar-refractivity contribution is 5.94. The molecule has 2 aromatic carbocycles. The SMILES string of the molecule is O=C(NCC#CC(=O)N1CCC2CCC(C(=O)O)CC21)OCC1c2ccccc2-c2ccccc21. The van der Waals surface area contributed by atoms with Crippen molar-refractivity contribution in [2.75, 3.05) is 19.7 Å². The van der Waals surface area contributed by atoms with E-state index < -0.39 is 18.0 Å². The minimum atomic E-state index is -0.791. The lowest BCUT2D eigenvalue weighted by molar-refractivity contribution is -0.144. The zero-order valence-corrected chi connectivity index (χ0v) is 19.4. The molecular weight excluding hydrogens is 444 g/mol. The van der Waals surface area contributed by atoms with Gasteiger partial charge in [0, 0.05) is 18.5 Å². The molecule has 1 aliphatic heterocycles. The van der Waals surface area contributed by atoms with Gasteiger partial charge in [0.05, 0.1) is 12.5 Å². The van der Waals surface area contributed by atoms with Crippen LogP contribution in [-0.4, -0.2) is 53.7 Å². The zero-order chi connectivity index (χ0) is 24.4. The highest BCUT2D eigenvalue weighted by Crippen LogP contribution is 2.44. The van der Waals surface area contributed by atoms with Gasteiger partial charge in [0.2, 0.25) is 0 Å². The van der Waals surface area contributed by atoms with Crippen LogP contribution in [0.5, 0.6) is 0 Å². The Labute approximate surface area is 204 Å². The van der Waals surface area contributed by atoms with Gasteiger partial charge in [0.25, 0.3) is 5.91 Å². The van der Waals surface area contributed by atoms with Crippen LogP contribution in [-0.2, 0) is 14.3 Å². The number of nitrogens with one attached hydrogen (secondary N) is 1. The van der Waals surface area contributed by atoms with E-state index in [-0.39, 0.29) is 31.0 Å². The number of carbonyl (C=O) groups is 3. The highest BCUT2D eigenvalue weighted by Gasteiger charge is 2.42. The van der Waals surface area contributed by atoms with Crippen LogP contribution in [0.1, 0.15) is 42.7 Å². The Morgan fingerprint density at radius 3 is 2.37 bits per heavy atom. The summed E-state index contributed by atoms with van der Waals surface area (Å²) in [5, 5.41) is 11.9. The molecule has 1 saturated carbocycles. The quantitative estimate of drug-likeness (QED) is 0.663. The number of hydrogen-bond acceptors (Lipinski definition) is 4. The maximum atomic E-state index is 12.6. The predicted molar refractivity (Wildman–Crippen MR) is 129 cm³/mol. The minimum Gasteiger partial charge on any atom is -0.481 e. The number of likely N-dealkylation sites (tertiary alicyclic amines) is 1. The fraction of sp³-hybridized carbons (Fsp3) is 0.393. The number of alkyl carbamates (subject to hydrolysis) is 1. The summed E-state index contributed by atoms with van der Waals surface area (Å²) in [4.78, 5) is 38.0. The lowest BCUT2D eigenvalue weighted by atomic mass is 9.79. The van der Waals surface area contributed by atoms with Crippen molar-refractivity contribution < 1.29 is 24.2 Å². The fourth-order valence-electron chi connectivity index (χ4n) is 5.83. The van der Waals surface area contributed by atoms with Crippen LogP contribution in [0, 0.1) is 23.7 Å². The number of carboxylic acids is 1. The van der Waals surface area contributed by atoms with E-state index in [2.05, 4.69) is 41.4 Å². The average molecular weight is 473 g/mol. The molecule has 0 aromatic heterocycles. The van der Waals surface area contributed by atoms with Gasteiger partial charge >= 0.3 is 12.1 Å². The molecule has 0 bridgehead atoms. The number of carbonyl (C=O) groups excluding carboxylic acids is 2. The molecule has 180 valence electrons. The number of nitrogens with zero attached hydrogens (tertiary/aromatic N) is 1. The number of rotatable bonds is 4. The number of aliphatic carboxylic acids is 1. The van der Waals surface area contributed by atoms with E-state index in [1.165, 1.54) is 11.1 Å².